The van der Waals surface area contributed by atoms with E-state index in [0.29, 0.717) is 0 Å². The summed E-state index contributed by atoms with van der Waals surface area (Å²) in [6.07, 6.45) is 0. The Kier molecular flexibility index (Phi) is 5.24. The van der Waals surface area contributed by atoms with E-state index in [-0.39, 0.29) is 0 Å². The van der Waals surface area contributed by atoms with Gasteiger partial charge >= 0.3 is 0 Å². The molecule has 0 heterocycles. The fraction of sp³-hybridized carbons (Fsp3) is 0.0476. The molecular weight excluding hydrogens is 316 g/mol. The van der Waals surface area contributed by atoms with Gasteiger partial charge in [-0.2, -0.15) is 0 Å². The lowest BCUT2D eigenvalue weighted by atomic mass is 10.00. The van der Waals surface area contributed by atoms with Crippen LogP contribution >= 0.6 is 0 Å². The van der Waals surface area contributed by atoms with Gasteiger partial charge in [-0.3, -0.25) is 0 Å². The summed E-state index contributed by atoms with van der Waals surface area (Å²) in [5.41, 5.74) is 2.98. The van der Waals surface area contributed by atoms with Gasteiger partial charge in [0.15, 0.2) is 0 Å². The van der Waals surface area contributed by atoms with Crippen molar-refractivity contribution in [3.05, 3.63) is 101 Å². The molecule has 0 aliphatic heterocycles. The fourth-order valence-electron chi connectivity index (χ4n) is 2.42. The molecule has 0 N–H and O–H groups in total. The van der Waals surface area contributed by atoms with Crippen LogP contribution in [0.5, 0.6) is 5.75 Å². The quantitative estimate of drug-likeness (QED) is 0.664. The van der Waals surface area contributed by atoms with Crippen LogP contribution < -0.4 is 4.74 Å². The van der Waals surface area contributed by atoms with Crippen molar-refractivity contribution < 1.29 is 8.95 Å². The molecule has 0 saturated heterocycles. The third-order valence-corrected chi connectivity index (χ3v) is 4.87. The minimum atomic E-state index is -1.21. The molecule has 3 aromatic rings. The molecule has 0 radical (unpaired) electrons. The van der Waals surface area contributed by atoms with Gasteiger partial charge in [0, 0.05) is 10.3 Å². The highest BCUT2D eigenvalue weighted by molar-refractivity contribution is 7.88. The Morgan fingerprint density at radius 1 is 0.792 bits per heavy atom. The monoisotopic (exact) mass is 334 g/mol. The number of hydrogen-bond donors (Lipinski definition) is 0. The molecule has 3 aromatic carbocycles. The normalized spacial score (nSPS) is 12.6. The van der Waals surface area contributed by atoms with E-state index < -0.39 is 10.8 Å². The highest BCUT2D eigenvalue weighted by Gasteiger charge is 2.08. The van der Waals surface area contributed by atoms with Crippen LogP contribution in [0.3, 0.4) is 0 Å². The lowest BCUT2D eigenvalue weighted by Gasteiger charge is -2.10. The number of benzene rings is 3. The predicted octanol–water partition coefficient (Wildman–Crippen LogP) is 4.89. The Labute approximate surface area is 144 Å². The first-order valence-corrected chi connectivity index (χ1v) is 8.86. The van der Waals surface area contributed by atoms with Gasteiger partial charge in [0.1, 0.15) is 5.75 Å². The molecule has 0 amide bonds. The van der Waals surface area contributed by atoms with Crippen LogP contribution in [0.25, 0.3) is 5.57 Å². The van der Waals surface area contributed by atoms with E-state index in [0.717, 1.165) is 27.3 Å². The first-order valence-electron chi connectivity index (χ1n) is 7.65. The summed E-state index contributed by atoms with van der Waals surface area (Å²) >= 11 is 0. The zero-order valence-electron chi connectivity index (χ0n) is 13.4. The van der Waals surface area contributed by atoms with Crippen molar-refractivity contribution in [2.45, 2.75) is 4.90 Å². The Hall–Kier alpha value is -2.65. The minimum Gasteiger partial charge on any atom is -0.497 e. The topological polar surface area (TPSA) is 26.3 Å². The summed E-state index contributed by atoms with van der Waals surface area (Å²) in [7, 11) is 0.431. The van der Waals surface area contributed by atoms with Gasteiger partial charge in [-0.25, -0.2) is 4.21 Å². The maximum absolute atomic E-state index is 12.7. The van der Waals surface area contributed by atoms with Crippen LogP contribution in [0.15, 0.2) is 95.2 Å². The average Bonchev–Trinajstić information content (AvgIpc) is 2.67. The fourth-order valence-corrected chi connectivity index (χ4v) is 3.47. The van der Waals surface area contributed by atoms with Crippen LogP contribution in [0.1, 0.15) is 11.1 Å². The van der Waals surface area contributed by atoms with Crippen molar-refractivity contribution in [3.63, 3.8) is 0 Å². The van der Waals surface area contributed by atoms with Crippen molar-refractivity contribution in [3.8, 4) is 5.75 Å². The molecule has 0 fully saturated rings. The molecule has 1 unspecified atom stereocenters. The SMILES string of the molecule is COc1ccc(/C(=C\S(=O)c2ccccc2)c2ccccc2)cc1. The molecule has 0 aliphatic carbocycles. The van der Waals surface area contributed by atoms with Crippen LogP contribution in [-0.4, -0.2) is 11.3 Å². The van der Waals surface area contributed by atoms with Gasteiger partial charge in [0.2, 0.25) is 0 Å². The number of methoxy groups -OCH3 is 1. The highest BCUT2D eigenvalue weighted by atomic mass is 32.2. The van der Waals surface area contributed by atoms with E-state index in [1.807, 2.05) is 90.3 Å². The lowest BCUT2D eigenvalue weighted by molar-refractivity contribution is 0.415. The second-order valence-corrected chi connectivity index (χ2v) is 6.54. The van der Waals surface area contributed by atoms with Crippen LogP contribution in [0, 0.1) is 0 Å². The van der Waals surface area contributed by atoms with Crippen molar-refractivity contribution in [1.29, 1.82) is 0 Å². The van der Waals surface area contributed by atoms with Crippen molar-refractivity contribution in [2.24, 2.45) is 0 Å². The third-order valence-electron chi connectivity index (χ3n) is 3.69. The molecule has 3 rings (SSSR count). The molecule has 3 heteroatoms. The molecule has 0 aromatic heterocycles. The molecule has 24 heavy (non-hydrogen) atoms. The summed E-state index contributed by atoms with van der Waals surface area (Å²) < 4.78 is 18.0. The van der Waals surface area contributed by atoms with Crippen molar-refractivity contribution in [1.82, 2.24) is 0 Å². The van der Waals surface area contributed by atoms with Crippen LogP contribution in [0.4, 0.5) is 0 Å². The summed E-state index contributed by atoms with van der Waals surface area (Å²) in [5, 5.41) is 1.81. The van der Waals surface area contributed by atoms with Gasteiger partial charge in [0.05, 0.1) is 17.9 Å². The van der Waals surface area contributed by atoms with Gasteiger partial charge in [-0.05, 0) is 41.0 Å². The summed E-state index contributed by atoms with van der Waals surface area (Å²) in [5.74, 6) is 0.801. The molecule has 120 valence electrons. The molecular formula is C21H18O2S. The Morgan fingerprint density at radius 3 is 1.92 bits per heavy atom. The predicted molar refractivity (Wildman–Crippen MR) is 99.4 cm³/mol. The molecule has 2 nitrogen and oxygen atoms in total. The average molecular weight is 334 g/mol. The second-order valence-electron chi connectivity index (χ2n) is 5.24. The largest absolute Gasteiger partial charge is 0.497 e. The molecule has 1 atom stereocenters. The second kappa shape index (κ2) is 7.75. The van der Waals surface area contributed by atoms with E-state index >= 15 is 0 Å². The molecule has 0 saturated carbocycles. The highest BCUT2D eigenvalue weighted by Crippen LogP contribution is 2.26. The number of ether oxygens (including phenoxy) is 1. The van der Waals surface area contributed by atoms with Crippen LogP contribution in [-0.2, 0) is 10.8 Å². The number of hydrogen-bond acceptors (Lipinski definition) is 2. The van der Waals surface area contributed by atoms with E-state index in [4.69, 9.17) is 4.74 Å². The molecule has 0 aliphatic rings. The maximum atomic E-state index is 12.7. The van der Waals surface area contributed by atoms with Crippen molar-refractivity contribution >= 4 is 16.4 Å². The zero-order chi connectivity index (χ0) is 16.8. The Balaban J connectivity index is 2.05. The van der Waals surface area contributed by atoms with Crippen molar-refractivity contribution in [2.75, 3.05) is 7.11 Å². The Morgan fingerprint density at radius 2 is 1.33 bits per heavy atom. The van der Waals surface area contributed by atoms with Crippen LogP contribution in [0.2, 0.25) is 0 Å². The number of rotatable bonds is 5. The minimum absolute atomic E-state index is 0.791. The van der Waals surface area contributed by atoms with Gasteiger partial charge in [0.25, 0.3) is 0 Å². The van der Waals surface area contributed by atoms with Gasteiger partial charge in [-0.15, -0.1) is 0 Å². The first-order chi connectivity index (χ1) is 11.8. The van der Waals surface area contributed by atoms with E-state index in [9.17, 15) is 4.21 Å². The van der Waals surface area contributed by atoms with Gasteiger partial charge in [-0.1, -0.05) is 60.7 Å². The smallest absolute Gasteiger partial charge is 0.118 e. The molecule has 0 bridgehead atoms. The third kappa shape index (κ3) is 3.81. The maximum Gasteiger partial charge on any atom is 0.118 e. The zero-order valence-corrected chi connectivity index (χ0v) is 14.2. The first kappa shape index (κ1) is 16.2. The summed E-state index contributed by atoms with van der Waals surface area (Å²) in [6, 6.07) is 27.3. The Bertz CT molecular complexity index is 838. The summed E-state index contributed by atoms with van der Waals surface area (Å²) in [4.78, 5) is 0.791. The summed E-state index contributed by atoms with van der Waals surface area (Å²) in [6.45, 7) is 0. The van der Waals surface area contributed by atoms with E-state index in [2.05, 4.69) is 0 Å². The van der Waals surface area contributed by atoms with E-state index in [1.54, 1.807) is 7.11 Å². The molecule has 0 spiro atoms. The van der Waals surface area contributed by atoms with Gasteiger partial charge < -0.3 is 4.74 Å². The van der Waals surface area contributed by atoms with E-state index in [1.165, 1.54) is 0 Å². The standard InChI is InChI=1S/C21H18O2S/c1-23-19-14-12-18(13-15-19)21(17-8-4-2-5-9-17)16-24(22)20-10-6-3-7-11-20/h2-16H,1H3/b21-16-. The lowest BCUT2D eigenvalue weighted by Crippen LogP contribution is -1.93.